The molecule has 0 aliphatic heterocycles. The number of H-pyrrole nitrogens is 1. The number of methoxy groups -OCH3 is 1. The number of carboxylic acid groups (broad SMARTS) is 1. The summed E-state index contributed by atoms with van der Waals surface area (Å²) in [6.07, 6.45) is 8.77. The van der Waals surface area contributed by atoms with Crippen LogP contribution < -0.4 is 21.7 Å². The molecule has 141 heavy (non-hydrogen) atoms. The lowest BCUT2D eigenvalue weighted by Crippen LogP contribution is -2.45. The first-order valence-corrected chi connectivity index (χ1v) is 46.8. The molecule has 2 aromatic carbocycles. The molecule has 4 atom stereocenters. The molecular formula is C98H116Cl6F4N18O13S2. The van der Waals surface area contributed by atoms with Crippen molar-refractivity contribution < 1.29 is 77.6 Å². The molecule has 7 N–H and O–H groups in total. The summed E-state index contributed by atoms with van der Waals surface area (Å²) in [5.41, 5.74) is 8.51. The standard InChI is InChI=1S/C29H29ClFN5O4S.C20H19ClFN5O2.C15H19ClFN3O3.C15H13ClN2O2S.C9H19NO2.C6HCl2FN2.4CH4/c1-7-40-25(37)14-24(29(3,4)5)34-27-22(31)13-23(32-6)26(35-27)21-16-36(28-20(21)12-18(30)15-33-28)41(38,39)19-10-8-17(2)9-11-19;1-20(2,3)15(7-16(28)29)26-19-13(22)6-14(23-4)17(27-19)12-9-25-18-11(12)5-10(21)8-24-18;1-6-23-12(21)8-11(15(2,3)22-5)19-14-9(17)7-10(18-4)13(16)20-14;1-10-3-5-13(6-4-10)21(19,20)18-9-11(2)14-7-12(16)8-17-15(14)18;1-5-12-8(11)6-7(10)9(2,3)4;1-10-4-2-3(9)5(7)11-6(4)8;;;;/h8-13,15-16,24H,7,14H2,1-5H3,(H,34,35);5-6,8-9,15H,7H2,1-3H3,(H,24,25)(H,26,27)(H,28,29);7,11H,6,8H2,1-3,5H3,(H,19,20);3-9H,1-2H3;7H,5-6,10H2,1-4H3;2H;4*1H4. The van der Waals surface area contributed by atoms with Crippen LogP contribution in [0.5, 0.6) is 0 Å². The summed E-state index contributed by atoms with van der Waals surface area (Å²) in [6.45, 7) is 60.9. The van der Waals surface area contributed by atoms with Gasteiger partial charge < -0.3 is 50.7 Å². The van der Waals surface area contributed by atoms with E-state index in [2.05, 4.69) is 75.2 Å². The molecule has 0 fully saturated rings. The van der Waals surface area contributed by atoms with Gasteiger partial charge in [0.1, 0.15) is 21.8 Å². The maximum atomic E-state index is 15.3. The maximum Gasteiger partial charge on any atom is 0.307 e. The minimum atomic E-state index is -4.11. The average molecular weight is 2110 g/mol. The van der Waals surface area contributed by atoms with Crippen LogP contribution in [0.2, 0.25) is 30.5 Å². The fourth-order valence-corrected chi connectivity index (χ4v) is 16.1. The molecule has 4 unspecified atom stereocenters. The number of nitrogens with one attached hydrogen (secondary N) is 4. The van der Waals surface area contributed by atoms with Gasteiger partial charge >= 0.3 is 23.9 Å². The van der Waals surface area contributed by atoms with Gasteiger partial charge in [0.15, 0.2) is 51.4 Å². The van der Waals surface area contributed by atoms with E-state index in [1.807, 2.05) is 83.1 Å². The second-order valence-corrected chi connectivity index (χ2v) is 40.1. The van der Waals surface area contributed by atoms with Crippen molar-refractivity contribution in [1.82, 2.24) is 47.8 Å². The van der Waals surface area contributed by atoms with Crippen LogP contribution in [0.25, 0.3) is 75.0 Å². The quantitative estimate of drug-likeness (QED) is 0.0102. The molecule has 10 aromatic heterocycles. The Kier molecular flexibility index (Phi) is 46.1. The normalized spacial score (nSPS) is 12.0. The number of benzene rings is 2. The molecule has 758 valence electrons. The van der Waals surface area contributed by atoms with Crippen LogP contribution in [0.3, 0.4) is 0 Å². The third-order valence-electron chi connectivity index (χ3n) is 20.6. The highest BCUT2D eigenvalue weighted by Crippen LogP contribution is 2.43. The Morgan fingerprint density at radius 1 is 0.475 bits per heavy atom. The van der Waals surface area contributed by atoms with Crippen LogP contribution in [0.15, 0.2) is 138 Å². The van der Waals surface area contributed by atoms with Crippen LogP contribution in [-0.2, 0) is 58.2 Å². The van der Waals surface area contributed by atoms with Crippen molar-refractivity contribution in [2.75, 3.05) is 42.9 Å². The number of halogens is 10. The van der Waals surface area contributed by atoms with E-state index in [0.717, 1.165) is 50.3 Å². The Labute approximate surface area is 850 Å². The summed E-state index contributed by atoms with van der Waals surface area (Å²) >= 11 is 34.7. The van der Waals surface area contributed by atoms with E-state index in [4.69, 9.17) is 121 Å². The zero-order valence-corrected chi connectivity index (χ0v) is 83.9. The Hall–Kier alpha value is -12.4. The predicted molar refractivity (Wildman–Crippen MR) is 550 cm³/mol. The third-order valence-corrected chi connectivity index (χ3v) is 25.4. The van der Waals surface area contributed by atoms with Crippen LogP contribution in [0.4, 0.5) is 57.8 Å². The summed E-state index contributed by atoms with van der Waals surface area (Å²) in [6, 6.07) is 20.2. The molecule has 0 aliphatic carbocycles. The highest BCUT2D eigenvalue weighted by atomic mass is 35.5. The number of carboxylic acids is 1. The molecule has 0 spiro atoms. The van der Waals surface area contributed by atoms with Crippen molar-refractivity contribution in [2.24, 2.45) is 22.0 Å². The monoisotopic (exact) mass is 2100 g/mol. The van der Waals surface area contributed by atoms with Crippen LogP contribution in [0, 0.1) is 86.6 Å². The van der Waals surface area contributed by atoms with E-state index in [9.17, 15) is 54.3 Å². The largest absolute Gasteiger partial charge is 0.481 e. The van der Waals surface area contributed by atoms with E-state index in [-0.39, 0.29) is 173 Å². The second kappa shape index (κ2) is 52.9. The van der Waals surface area contributed by atoms with Gasteiger partial charge in [-0.25, -0.2) is 96.6 Å². The van der Waals surface area contributed by atoms with E-state index in [0.29, 0.717) is 50.7 Å². The molecule has 43 heteroatoms. The Morgan fingerprint density at radius 2 is 0.837 bits per heavy atom. The number of carbonyl (C=O) groups is 4. The number of carbonyl (C=O) groups excluding carboxylic acids is 3. The van der Waals surface area contributed by atoms with Crippen LogP contribution >= 0.6 is 69.6 Å². The fraction of sp³-hybridized carbons (Fsp3) is 0.378. The minimum Gasteiger partial charge on any atom is -0.481 e. The fourth-order valence-electron chi connectivity index (χ4n) is 12.4. The SMILES string of the molecule is C.C.C.C.CCOC(=O)CC(N)C(C)(C)C.Cc1ccc(S(=O)(=O)n2cc(C)c3cc(Cl)cnc32)cc1.[C-]#[N+]c1cc(F)c(Cl)nc1Cl.[C-]#[N+]c1cc(F)c(NC(CC(=O)O)C(C)(C)C)nc1-c1c[nH]c2ncc(Cl)cc12.[C-]#[N+]c1cc(F)c(NC(CC(=O)OCC)C(C)(C)C)nc1-c1cn(S(=O)(=O)c2ccc(C)cc2)c2ncc(Cl)cc12.[C-]#[N+]c1cc(F)c(NC(CC(=O)OCC)C(C)(C)OC)nc1Cl. The van der Waals surface area contributed by atoms with Gasteiger partial charge in [0.2, 0.25) is 22.7 Å². The summed E-state index contributed by atoms with van der Waals surface area (Å²) in [5, 5.41) is 20.3. The topological polar surface area (TPSA) is 389 Å². The molecule has 10 heterocycles. The summed E-state index contributed by atoms with van der Waals surface area (Å²) in [7, 11) is -6.29. The molecule has 0 saturated carbocycles. The van der Waals surface area contributed by atoms with Crippen molar-refractivity contribution >= 4 is 187 Å². The van der Waals surface area contributed by atoms with Gasteiger partial charge in [0.25, 0.3) is 20.0 Å². The number of fused-ring (bicyclic) bond motifs is 3. The number of pyridine rings is 7. The van der Waals surface area contributed by atoms with Gasteiger partial charge in [0, 0.05) is 89.7 Å². The lowest BCUT2D eigenvalue weighted by atomic mass is 9.84. The van der Waals surface area contributed by atoms with Gasteiger partial charge in [-0.05, 0) is 144 Å². The van der Waals surface area contributed by atoms with E-state index >= 15 is 4.39 Å². The zero-order chi connectivity index (χ0) is 102. The van der Waals surface area contributed by atoms with E-state index < -0.39 is 95.8 Å². The summed E-state index contributed by atoms with van der Waals surface area (Å²) in [4.78, 5) is 91.0. The zero-order valence-electron chi connectivity index (χ0n) is 77.7. The van der Waals surface area contributed by atoms with Gasteiger partial charge in [-0.15, -0.1) is 0 Å². The number of anilines is 3. The number of aromatic amines is 1. The highest BCUT2D eigenvalue weighted by Gasteiger charge is 2.36. The number of aryl methyl sites for hydroxylation is 3. The van der Waals surface area contributed by atoms with Crippen molar-refractivity contribution in [3.05, 3.63) is 244 Å². The molecule has 0 amide bonds. The number of hydrogen-bond acceptors (Lipinski definition) is 23. The third kappa shape index (κ3) is 32.8. The Bertz CT molecular complexity index is 6850. The number of rotatable bonds is 25. The van der Waals surface area contributed by atoms with Gasteiger partial charge in [-0.1, -0.05) is 197 Å². The van der Waals surface area contributed by atoms with Crippen LogP contribution in [0.1, 0.15) is 169 Å². The van der Waals surface area contributed by atoms with Crippen molar-refractivity contribution in [3.63, 3.8) is 0 Å². The Balaban J connectivity index is 0.000000455. The number of hydrogen-bond donors (Lipinski definition) is 6. The molecule has 0 saturated heterocycles. The van der Waals surface area contributed by atoms with Crippen LogP contribution in [-0.4, -0.2) is 150 Å². The summed E-state index contributed by atoms with van der Waals surface area (Å²) < 4.78 is 132. The number of esters is 3. The molecule has 12 rings (SSSR count). The van der Waals surface area contributed by atoms with E-state index in [1.54, 1.807) is 95.5 Å². The number of nitrogens with two attached hydrogens (primary N) is 1. The van der Waals surface area contributed by atoms with Crippen molar-refractivity contribution in [1.29, 1.82) is 0 Å². The molecule has 0 aliphatic rings. The first-order valence-electron chi connectivity index (χ1n) is 41.7. The first-order chi connectivity index (χ1) is 64.0. The highest BCUT2D eigenvalue weighted by molar-refractivity contribution is 7.90. The maximum absolute atomic E-state index is 15.3. The first kappa shape index (κ1) is 123. The lowest BCUT2D eigenvalue weighted by Gasteiger charge is -2.33. The lowest BCUT2D eigenvalue weighted by molar-refractivity contribution is -0.145. The number of aliphatic carboxylic acids is 1. The molecule has 31 nitrogen and oxygen atoms in total. The van der Waals surface area contributed by atoms with E-state index in [1.165, 1.54) is 54.1 Å². The number of ether oxygens (including phenoxy) is 4. The van der Waals surface area contributed by atoms with Gasteiger partial charge in [-0.2, -0.15) is 0 Å². The minimum absolute atomic E-state index is 0. The summed E-state index contributed by atoms with van der Waals surface area (Å²) in [5.74, 6) is -5.58. The molecular weight excluding hydrogens is 1990 g/mol. The van der Waals surface area contributed by atoms with Crippen molar-refractivity contribution in [3.8, 4) is 22.5 Å². The predicted octanol–water partition coefficient (Wildman–Crippen LogP) is 26.1. The Morgan fingerprint density at radius 3 is 1.26 bits per heavy atom. The number of aromatic nitrogens is 10. The second-order valence-electron chi connectivity index (χ2n) is 34.1. The number of nitrogens with zero attached hydrogens (tertiary/aromatic N) is 13. The average Bonchev–Trinajstić information content (AvgIpc) is 1.59. The van der Waals surface area contributed by atoms with Crippen molar-refractivity contribution in [2.45, 2.75) is 213 Å². The van der Waals surface area contributed by atoms with Gasteiger partial charge in [-0.3, -0.25) is 19.2 Å². The van der Waals surface area contributed by atoms with Gasteiger partial charge in [0.05, 0.1) is 120 Å². The smallest absolute Gasteiger partial charge is 0.307 e. The molecule has 0 radical (unpaired) electrons. The molecule has 0 bridgehead atoms. The molecule has 12 aromatic rings.